The molecule has 0 spiro atoms. The van der Waals surface area contributed by atoms with Crippen molar-refractivity contribution in [1.82, 2.24) is 10.6 Å². The summed E-state index contributed by atoms with van der Waals surface area (Å²) in [7, 11) is 0. The molecule has 5 nitrogen and oxygen atoms in total. The summed E-state index contributed by atoms with van der Waals surface area (Å²) in [6.45, 7) is 9.99. The van der Waals surface area contributed by atoms with E-state index in [1.807, 2.05) is 24.3 Å². The maximum Gasteiger partial charge on any atom is 0.260 e. The molecule has 1 saturated heterocycles. The van der Waals surface area contributed by atoms with Crippen molar-refractivity contribution in [2.75, 3.05) is 19.6 Å². The maximum atomic E-state index is 12.1. The van der Waals surface area contributed by atoms with Gasteiger partial charge in [-0.05, 0) is 30.0 Å². The van der Waals surface area contributed by atoms with Gasteiger partial charge in [0.05, 0.1) is 6.10 Å². The Hall–Kier alpha value is -1.59. The van der Waals surface area contributed by atoms with Crippen LogP contribution in [0.4, 0.5) is 0 Å². The summed E-state index contributed by atoms with van der Waals surface area (Å²) < 4.78 is 5.70. The van der Waals surface area contributed by atoms with Gasteiger partial charge in [0.25, 0.3) is 5.91 Å². The van der Waals surface area contributed by atoms with Gasteiger partial charge >= 0.3 is 0 Å². The molecule has 1 aromatic rings. The maximum absolute atomic E-state index is 12.1. The van der Waals surface area contributed by atoms with E-state index in [1.54, 1.807) is 6.92 Å². The second-order valence-corrected chi connectivity index (χ2v) is 7.27. The Morgan fingerprint density at radius 2 is 2.00 bits per heavy atom. The zero-order valence-corrected chi connectivity index (χ0v) is 14.4. The summed E-state index contributed by atoms with van der Waals surface area (Å²) in [6, 6.07) is 7.85. The summed E-state index contributed by atoms with van der Waals surface area (Å²) in [4.78, 5) is 12.1. The van der Waals surface area contributed by atoms with Crippen LogP contribution in [0.1, 0.15) is 33.3 Å². The predicted molar refractivity (Wildman–Crippen MR) is 90.6 cm³/mol. The van der Waals surface area contributed by atoms with E-state index in [1.165, 1.54) is 5.56 Å². The predicted octanol–water partition coefficient (Wildman–Crippen LogP) is 1.45. The Balaban J connectivity index is 1.83. The number of benzene rings is 1. The molecule has 1 heterocycles. The molecule has 0 bridgehead atoms. The molecule has 1 aliphatic heterocycles. The van der Waals surface area contributed by atoms with Crippen LogP contribution in [0.5, 0.6) is 5.75 Å². The minimum Gasteiger partial charge on any atom is -0.481 e. The molecule has 5 heteroatoms. The fourth-order valence-corrected chi connectivity index (χ4v) is 2.59. The highest BCUT2D eigenvalue weighted by Gasteiger charge is 2.26. The van der Waals surface area contributed by atoms with Crippen molar-refractivity contribution in [1.29, 1.82) is 0 Å². The first kappa shape index (κ1) is 17.8. The van der Waals surface area contributed by atoms with Crippen LogP contribution in [0, 0.1) is 5.92 Å². The molecule has 1 amide bonds. The molecule has 0 radical (unpaired) electrons. The van der Waals surface area contributed by atoms with Gasteiger partial charge in [-0.1, -0.05) is 32.9 Å². The third-order valence-electron chi connectivity index (χ3n) is 4.25. The molecule has 0 saturated carbocycles. The molecule has 2 rings (SSSR count). The SMILES string of the molecule is CC(Oc1ccc(C(C)(C)C)cc1)C(=O)NCC1CNCC1O. The molecule has 0 aliphatic carbocycles. The topological polar surface area (TPSA) is 70.6 Å². The first-order chi connectivity index (χ1) is 10.8. The number of carbonyl (C=O) groups is 1. The Kier molecular flexibility index (Phi) is 5.65. The largest absolute Gasteiger partial charge is 0.481 e. The summed E-state index contributed by atoms with van der Waals surface area (Å²) in [6.07, 6.45) is -0.960. The zero-order chi connectivity index (χ0) is 17.0. The zero-order valence-electron chi connectivity index (χ0n) is 14.4. The van der Waals surface area contributed by atoms with E-state index in [0.29, 0.717) is 18.8 Å². The highest BCUT2D eigenvalue weighted by molar-refractivity contribution is 5.80. The normalized spacial score (nSPS) is 22.7. The van der Waals surface area contributed by atoms with Gasteiger partial charge in [-0.15, -0.1) is 0 Å². The number of hydrogen-bond donors (Lipinski definition) is 3. The number of nitrogens with one attached hydrogen (secondary N) is 2. The van der Waals surface area contributed by atoms with Gasteiger partial charge in [-0.25, -0.2) is 0 Å². The molecular formula is C18H28N2O3. The monoisotopic (exact) mass is 320 g/mol. The minimum absolute atomic E-state index is 0.0669. The van der Waals surface area contributed by atoms with Crippen LogP contribution in [0.2, 0.25) is 0 Å². The van der Waals surface area contributed by atoms with Crippen LogP contribution in [-0.4, -0.2) is 42.9 Å². The molecule has 0 aromatic heterocycles. The van der Waals surface area contributed by atoms with Crippen LogP contribution in [0.15, 0.2) is 24.3 Å². The van der Waals surface area contributed by atoms with Crippen LogP contribution in [-0.2, 0) is 10.2 Å². The fraction of sp³-hybridized carbons (Fsp3) is 0.611. The van der Waals surface area contributed by atoms with Crippen molar-refractivity contribution in [3.05, 3.63) is 29.8 Å². The first-order valence-corrected chi connectivity index (χ1v) is 8.21. The Morgan fingerprint density at radius 1 is 1.35 bits per heavy atom. The smallest absolute Gasteiger partial charge is 0.260 e. The number of hydrogen-bond acceptors (Lipinski definition) is 4. The lowest BCUT2D eigenvalue weighted by molar-refractivity contribution is -0.127. The highest BCUT2D eigenvalue weighted by atomic mass is 16.5. The Bertz CT molecular complexity index is 522. The van der Waals surface area contributed by atoms with Gasteiger partial charge in [0.1, 0.15) is 5.75 Å². The van der Waals surface area contributed by atoms with Crippen molar-refractivity contribution >= 4 is 5.91 Å². The number of amides is 1. The van der Waals surface area contributed by atoms with Gasteiger partial charge in [0.15, 0.2) is 6.10 Å². The van der Waals surface area contributed by atoms with E-state index in [4.69, 9.17) is 4.74 Å². The number of rotatable bonds is 5. The van der Waals surface area contributed by atoms with E-state index in [0.717, 1.165) is 6.54 Å². The van der Waals surface area contributed by atoms with Crippen LogP contribution < -0.4 is 15.4 Å². The summed E-state index contributed by atoms with van der Waals surface area (Å²) in [5.41, 5.74) is 1.32. The average molecular weight is 320 g/mol. The second kappa shape index (κ2) is 7.32. The first-order valence-electron chi connectivity index (χ1n) is 8.21. The number of carbonyl (C=O) groups excluding carboxylic acids is 1. The summed E-state index contributed by atoms with van der Waals surface area (Å²) in [5.74, 6) is 0.587. The Morgan fingerprint density at radius 3 is 2.52 bits per heavy atom. The van der Waals surface area contributed by atoms with Gasteiger partial charge in [0.2, 0.25) is 0 Å². The molecule has 3 N–H and O–H groups in total. The third-order valence-corrected chi connectivity index (χ3v) is 4.25. The lowest BCUT2D eigenvalue weighted by Crippen LogP contribution is -2.41. The highest BCUT2D eigenvalue weighted by Crippen LogP contribution is 2.24. The Labute approximate surface area is 138 Å². The van der Waals surface area contributed by atoms with Crippen molar-refractivity contribution in [2.24, 2.45) is 5.92 Å². The van der Waals surface area contributed by atoms with Crippen molar-refractivity contribution in [3.63, 3.8) is 0 Å². The van der Waals surface area contributed by atoms with Crippen LogP contribution in [0.3, 0.4) is 0 Å². The van der Waals surface area contributed by atoms with Crippen LogP contribution >= 0.6 is 0 Å². The lowest BCUT2D eigenvalue weighted by atomic mass is 9.87. The van der Waals surface area contributed by atoms with E-state index in [-0.39, 0.29) is 17.2 Å². The quantitative estimate of drug-likeness (QED) is 0.768. The lowest BCUT2D eigenvalue weighted by Gasteiger charge is -2.20. The second-order valence-electron chi connectivity index (χ2n) is 7.27. The third kappa shape index (κ3) is 4.94. The van der Waals surface area contributed by atoms with E-state index in [2.05, 4.69) is 31.4 Å². The molecule has 3 unspecified atom stereocenters. The molecule has 1 aromatic carbocycles. The summed E-state index contributed by atoms with van der Waals surface area (Å²) >= 11 is 0. The fourth-order valence-electron chi connectivity index (χ4n) is 2.59. The van der Waals surface area contributed by atoms with Gasteiger partial charge < -0.3 is 20.5 Å². The van der Waals surface area contributed by atoms with E-state index >= 15 is 0 Å². The minimum atomic E-state index is -0.568. The molecular weight excluding hydrogens is 292 g/mol. The number of ether oxygens (including phenoxy) is 1. The van der Waals surface area contributed by atoms with Gasteiger partial charge in [-0.2, -0.15) is 0 Å². The molecule has 3 atom stereocenters. The molecule has 128 valence electrons. The van der Waals surface area contributed by atoms with Gasteiger partial charge in [0, 0.05) is 25.6 Å². The molecule has 1 fully saturated rings. The number of β-amino-alcohol motifs (C(OH)–C–C–N with tert-alkyl or cyclic N) is 1. The molecule has 1 aliphatic rings. The van der Waals surface area contributed by atoms with E-state index < -0.39 is 12.2 Å². The standard InChI is InChI=1S/C18H28N2O3/c1-12(17(22)20-10-13-9-19-11-16(13)21)23-15-7-5-14(6-8-15)18(2,3)4/h5-8,12-13,16,19,21H,9-11H2,1-4H3,(H,20,22). The van der Waals surface area contributed by atoms with Gasteiger partial charge in [-0.3, -0.25) is 4.79 Å². The van der Waals surface area contributed by atoms with Crippen LogP contribution in [0.25, 0.3) is 0 Å². The average Bonchev–Trinajstić information content (AvgIpc) is 2.89. The van der Waals surface area contributed by atoms with Crippen molar-refractivity contribution in [3.8, 4) is 5.75 Å². The van der Waals surface area contributed by atoms with E-state index in [9.17, 15) is 9.90 Å². The number of aliphatic hydroxyl groups excluding tert-OH is 1. The van der Waals surface area contributed by atoms with Crippen molar-refractivity contribution in [2.45, 2.75) is 45.3 Å². The van der Waals surface area contributed by atoms with Crippen molar-refractivity contribution < 1.29 is 14.6 Å². The molecule has 23 heavy (non-hydrogen) atoms. The summed E-state index contributed by atoms with van der Waals surface area (Å²) in [5, 5.41) is 15.7. The number of aliphatic hydroxyl groups is 1.